The summed E-state index contributed by atoms with van der Waals surface area (Å²) in [6.45, 7) is 1.65. The van der Waals surface area contributed by atoms with Crippen molar-refractivity contribution in [1.82, 2.24) is 4.90 Å². The number of carbonyl (C=O) groups is 1. The van der Waals surface area contributed by atoms with Gasteiger partial charge in [-0.2, -0.15) is 0 Å². The first-order valence-corrected chi connectivity index (χ1v) is 4.20. The molecule has 0 amide bonds. The minimum atomic E-state index is -0.760. The lowest BCUT2D eigenvalue weighted by Gasteiger charge is -2.29. The van der Waals surface area contributed by atoms with Crippen molar-refractivity contribution < 1.29 is 14.6 Å². The molecule has 4 heteroatoms. The molecule has 0 unspecified atom stereocenters. The Morgan fingerprint density at radius 2 is 2.17 bits per heavy atom. The summed E-state index contributed by atoms with van der Waals surface area (Å²) in [5.41, 5.74) is 0. The van der Waals surface area contributed by atoms with Crippen molar-refractivity contribution >= 4 is 5.97 Å². The van der Waals surface area contributed by atoms with Gasteiger partial charge >= 0.3 is 5.97 Å². The minimum absolute atomic E-state index is 0.130. The van der Waals surface area contributed by atoms with Crippen LogP contribution in [0.4, 0.5) is 0 Å². The molecule has 1 saturated heterocycles. The van der Waals surface area contributed by atoms with Crippen LogP contribution in [0.3, 0.4) is 0 Å². The van der Waals surface area contributed by atoms with Crippen molar-refractivity contribution in [2.45, 2.75) is 18.9 Å². The van der Waals surface area contributed by atoms with Gasteiger partial charge in [-0.1, -0.05) is 0 Å². The fraction of sp³-hybridized carbons (Fsp3) is 0.875. The largest absolute Gasteiger partial charge is 0.480 e. The van der Waals surface area contributed by atoms with E-state index in [4.69, 9.17) is 9.84 Å². The lowest BCUT2D eigenvalue weighted by molar-refractivity contribution is -0.139. The first-order chi connectivity index (χ1) is 5.70. The summed E-state index contributed by atoms with van der Waals surface area (Å²) >= 11 is 0. The fourth-order valence-corrected chi connectivity index (χ4v) is 1.47. The van der Waals surface area contributed by atoms with Crippen molar-refractivity contribution in [2.24, 2.45) is 0 Å². The first-order valence-electron chi connectivity index (χ1n) is 4.20. The SMILES string of the molecule is CN(CC(=O)O)C1CCOCC1. The molecule has 0 spiro atoms. The molecule has 4 nitrogen and oxygen atoms in total. The van der Waals surface area contributed by atoms with Gasteiger partial charge in [0.15, 0.2) is 0 Å². The van der Waals surface area contributed by atoms with Crippen LogP contribution in [0.15, 0.2) is 0 Å². The molecule has 0 aromatic carbocycles. The van der Waals surface area contributed by atoms with E-state index < -0.39 is 5.97 Å². The monoisotopic (exact) mass is 173 g/mol. The van der Waals surface area contributed by atoms with E-state index in [1.807, 2.05) is 11.9 Å². The summed E-state index contributed by atoms with van der Waals surface area (Å²) in [6.07, 6.45) is 1.90. The van der Waals surface area contributed by atoms with Gasteiger partial charge in [0.2, 0.25) is 0 Å². The second-order valence-corrected chi connectivity index (χ2v) is 3.15. The maximum Gasteiger partial charge on any atom is 0.317 e. The second-order valence-electron chi connectivity index (χ2n) is 3.15. The number of hydrogen-bond acceptors (Lipinski definition) is 3. The molecule has 12 heavy (non-hydrogen) atoms. The average Bonchev–Trinajstić information content (AvgIpc) is 2.05. The molecule has 70 valence electrons. The maximum absolute atomic E-state index is 10.4. The van der Waals surface area contributed by atoms with Gasteiger partial charge in [0.05, 0.1) is 6.54 Å². The Bertz CT molecular complexity index is 154. The average molecular weight is 173 g/mol. The van der Waals surface area contributed by atoms with Crippen molar-refractivity contribution in [3.8, 4) is 0 Å². The van der Waals surface area contributed by atoms with Crippen molar-refractivity contribution in [3.63, 3.8) is 0 Å². The Hall–Kier alpha value is -0.610. The van der Waals surface area contributed by atoms with Crippen LogP contribution >= 0.6 is 0 Å². The Kier molecular flexibility index (Phi) is 3.49. The summed E-state index contributed by atoms with van der Waals surface area (Å²) in [5, 5.41) is 8.54. The van der Waals surface area contributed by atoms with Gasteiger partial charge in [0.25, 0.3) is 0 Å². The van der Waals surface area contributed by atoms with Gasteiger partial charge < -0.3 is 9.84 Å². The Morgan fingerprint density at radius 3 is 2.67 bits per heavy atom. The zero-order valence-electron chi connectivity index (χ0n) is 7.32. The molecule has 0 aliphatic carbocycles. The Labute approximate surface area is 72.1 Å². The van der Waals surface area contributed by atoms with Crippen LogP contribution in [0.1, 0.15) is 12.8 Å². The number of hydrogen-bond donors (Lipinski definition) is 1. The third-order valence-corrected chi connectivity index (χ3v) is 2.20. The van der Waals surface area contributed by atoms with E-state index >= 15 is 0 Å². The molecular weight excluding hydrogens is 158 g/mol. The number of carboxylic acids is 1. The standard InChI is InChI=1S/C8H15NO3/c1-9(6-8(10)11)7-2-4-12-5-3-7/h7H,2-6H2,1H3,(H,10,11). The lowest BCUT2D eigenvalue weighted by Crippen LogP contribution is -2.39. The predicted octanol–water partition coefficient (Wildman–Crippen LogP) is 0.182. The molecule has 1 rings (SSSR count). The highest BCUT2D eigenvalue weighted by atomic mass is 16.5. The van der Waals surface area contributed by atoms with Crippen LogP contribution in [0.5, 0.6) is 0 Å². The number of carboxylic acid groups (broad SMARTS) is 1. The number of rotatable bonds is 3. The smallest absolute Gasteiger partial charge is 0.317 e. The molecule has 1 aliphatic heterocycles. The fourth-order valence-electron chi connectivity index (χ4n) is 1.47. The van der Waals surface area contributed by atoms with Gasteiger partial charge in [-0.3, -0.25) is 9.69 Å². The molecule has 1 fully saturated rings. The van der Waals surface area contributed by atoms with Gasteiger partial charge in [0, 0.05) is 19.3 Å². The minimum Gasteiger partial charge on any atom is -0.480 e. The summed E-state index contributed by atoms with van der Waals surface area (Å²) in [4.78, 5) is 12.3. The zero-order valence-corrected chi connectivity index (χ0v) is 7.32. The summed E-state index contributed by atoms with van der Waals surface area (Å²) in [7, 11) is 1.85. The van der Waals surface area contributed by atoms with Crippen molar-refractivity contribution in [2.75, 3.05) is 26.8 Å². The van der Waals surface area contributed by atoms with Crippen LogP contribution in [0.25, 0.3) is 0 Å². The summed E-state index contributed by atoms with van der Waals surface area (Å²) < 4.78 is 5.18. The molecule has 0 atom stereocenters. The summed E-state index contributed by atoms with van der Waals surface area (Å²) in [6, 6.07) is 0.384. The molecule has 0 aromatic heterocycles. The third kappa shape index (κ3) is 2.79. The van der Waals surface area contributed by atoms with Crippen LogP contribution in [-0.2, 0) is 9.53 Å². The zero-order chi connectivity index (χ0) is 8.97. The van der Waals surface area contributed by atoms with E-state index in [9.17, 15) is 4.79 Å². The number of aliphatic carboxylic acids is 1. The molecule has 0 radical (unpaired) electrons. The van der Waals surface area contributed by atoms with Gasteiger partial charge in [-0.15, -0.1) is 0 Å². The highest BCUT2D eigenvalue weighted by Gasteiger charge is 2.19. The van der Waals surface area contributed by atoms with E-state index in [2.05, 4.69) is 0 Å². The highest BCUT2D eigenvalue weighted by molar-refractivity contribution is 5.69. The van der Waals surface area contributed by atoms with Crippen LogP contribution in [0.2, 0.25) is 0 Å². The molecule has 0 saturated carbocycles. The predicted molar refractivity (Wildman–Crippen MR) is 44.1 cm³/mol. The maximum atomic E-state index is 10.4. The second kappa shape index (κ2) is 4.42. The highest BCUT2D eigenvalue weighted by Crippen LogP contribution is 2.11. The summed E-state index contributed by atoms with van der Waals surface area (Å²) in [5.74, 6) is -0.760. The van der Waals surface area contributed by atoms with E-state index in [-0.39, 0.29) is 6.54 Å². The topological polar surface area (TPSA) is 49.8 Å². The Balaban J connectivity index is 2.29. The van der Waals surface area contributed by atoms with Gasteiger partial charge in [-0.25, -0.2) is 0 Å². The number of likely N-dealkylation sites (N-methyl/N-ethyl adjacent to an activating group) is 1. The quantitative estimate of drug-likeness (QED) is 0.661. The number of ether oxygens (including phenoxy) is 1. The van der Waals surface area contributed by atoms with E-state index in [0.717, 1.165) is 26.1 Å². The molecule has 1 heterocycles. The van der Waals surface area contributed by atoms with Crippen molar-refractivity contribution in [3.05, 3.63) is 0 Å². The normalized spacial score (nSPS) is 19.8. The molecular formula is C8H15NO3. The van der Waals surface area contributed by atoms with Crippen molar-refractivity contribution in [1.29, 1.82) is 0 Å². The molecule has 1 aliphatic rings. The third-order valence-electron chi connectivity index (χ3n) is 2.20. The van der Waals surface area contributed by atoms with Gasteiger partial charge in [0.1, 0.15) is 0 Å². The first kappa shape index (κ1) is 9.48. The van der Waals surface area contributed by atoms with E-state index in [0.29, 0.717) is 6.04 Å². The van der Waals surface area contributed by atoms with E-state index in [1.165, 1.54) is 0 Å². The molecule has 1 N–H and O–H groups in total. The Morgan fingerprint density at radius 1 is 1.58 bits per heavy atom. The van der Waals surface area contributed by atoms with Gasteiger partial charge in [-0.05, 0) is 19.9 Å². The van der Waals surface area contributed by atoms with Crippen LogP contribution < -0.4 is 0 Å². The lowest BCUT2D eigenvalue weighted by atomic mass is 10.1. The molecule has 0 aromatic rings. The van der Waals surface area contributed by atoms with Crippen LogP contribution in [-0.4, -0.2) is 48.8 Å². The van der Waals surface area contributed by atoms with E-state index in [1.54, 1.807) is 0 Å². The number of nitrogens with zero attached hydrogens (tertiary/aromatic N) is 1. The molecule has 0 bridgehead atoms. The van der Waals surface area contributed by atoms with Crippen LogP contribution in [0, 0.1) is 0 Å².